The van der Waals surface area contributed by atoms with E-state index in [1.165, 1.54) is 6.33 Å². The van der Waals surface area contributed by atoms with Crippen LogP contribution in [-0.2, 0) is 18.9 Å². The van der Waals surface area contributed by atoms with E-state index in [2.05, 4.69) is 15.0 Å². The van der Waals surface area contributed by atoms with Gasteiger partial charge in [0.25, 0.3) is 5.56 Å². The molecule has 148 valence electrons. The number of hydrogen-bond donors (Lipinski definition) is 2. The molecule has 4 atom stereocenters. The summed E-state index contributed by atoms with van der Waals surface area (Å²) in [6, 6.07) is 0. The van der Waals surface area contributed by atoms with Crippen molar-refractivity contribution in [3.63, 3.8) is 0 Å². The minimum atomic E-state index is -0.729. The smallest absolute Gasteiger partial charge is 0.280 e. The lowest BCUT2D eigenvalue weighted by molar-refractivity contribution is -0.198. The summed E-state index contributed by atoms with van der Waals surface area (Å²) >= 11 is 0. The first-order valence-corrected chi connectivity index (χ1v) is 9.09. The molecule has 0 spiro atoms. The van der Waals surface area contributed by atoms with E-state index in [1.54, 1.807) is 4.57 Å². The number of rotatable bonds is 6. The summed E-state index contributed by atoms with van der Waals surface area (Å²) in [6.45, 7) is 8.60. The van der Waals surface area contributed by atoms with Crippen molar-refractivity contribution in [2.45, 2.75) is 63.9 Å². The maximum atomic E-state index is 12.1. The van der Waals surface area contributed by atoms with E-state index in [-0.39, 0.29) is 35.9 Å². The lowest BCUT2D eigenvalue weighted by Crippen LogP contribution is -2.47. The molecule has 2 aromatic rings. The Bertz CT molecular complexity index is 893. The van der Waals surface area contributed by atoms with Crippen LogP contribution >= 0.6 is 0 Å². The second-order valence-corrected chi connectivity index (χ2v) is 7.59. The molecule has 27 heavy (non-hydrogen) atoms. The molecule has 10 heteroatoms. The lowest BCUT2D eigenvalue weighted by atomic mass is 9.99. The molecule has 2 aromatic heterocycles. The highest BCUT2D eigenvalue weighted by atomic mass is 16.7. The van der Waals surface area contributed by atoms with E-state index >= 15 is 0 Å². The van der Waals surface area contributed by atoms with Gasteiger partial charge in [0.2, 0.25) is 5.95 Å². The maximum Gasteiger partial charge on any atom is 0.280 e. The molecule has 0 aromatic carbocycles. The van der Waals surface area contributed by atoms with Crippen LogP contribution in [0.2, 0.25) is 0 Å². The van der Waals surface area contributed by atoms with Crippen LogP contribution in [-0.4, -0.2) is 62.7 Å². The summed E-state index contributed by atoms with van der Waals surface area (Å²) in [5.74, 6) is 0.0196. The summed E-state index contributed by atoms with van der Waals surface area (Å²) in [5, 5.41) is 0. The first-order chi connectivity index (χ1) is 12.8. The van der Waals surface area contributed by atoms with Crippen molar-refractivity contribution in [2.75, 3.05) is 18.9 Å². The predicted molar refractivity (Wildman–Crippen MR) is 96.3 cm³/mol. The second kappa shape index (κ2) is 6.55. The van der Waals surface area contributed by atoms with Crippen molar-refractivity contribution >= 4 is 17.1 Å². The van der Waals surface area contributed by atoms with E-state index < -0.39 is 17.4 Å². The van der Waals surface area contributed by atoms with Gasteiger partial charge in [-0.3, -0.25) is 14.3 Å². The summed E-state index contributed by atoms with van der Waals surface area (Å²) in [6.07, 6.45) is 0.341. The van der Waals surface area contributed by atoms with E-state index in [0.29, 0.717) is 18.9 Å². The Morgan fingerprint density at radius 2 is 2.19 bits per heavy atom. The Kier molecular flexibility index (Phi) is 4.46. The number of hydrogen-bond acceptors (Lipinski definition) is 8. The van der Waals surface area contributed by atoms with E-state index in [1.807, 2.05) is 27.7 Å². The molecule has 10 nitrogen and oxygen atoms in total. The van der Waals surface area contributed by atoms with E-state index in [0.717, 1.165) is 0 Å². The molecule has 0 saturated carbocycles. The standard InChI is InChI=1S/C17H25N5O5/c1-8(2)24-5-17-6-25-11(12(17)26-9(3)4)15(27-17)22-7-19-10-13(22)20-16(18)21-14(10)23/h7-9,11-12,15H,5-6H2,1-4H3,(H3,18,20,21,23)/t11-,12?,15+,17-/m0/s1. The molecule has 4 heterocycles. The van der Waals surface area contributed by atoms with Gasteiger partial charge in [0, 0.05) is 0 Å². The van der Waals surface area contributed by atoms with Gasteiger partial charge in [0.15, 0.2) is 17.4 Å². The van der Waals surface area contributed by atoms with Gasteiger partial charge in [-0.05, 0) is 27.7 Å². The molecular formula is C17H25N5O5. The number of ether oxygens (including phenoxy) is 4. The van der Waals surface area contributed by atoms with Crippen molar-refractivity contribution in [1.82, 2.24) is 19.5 Å². The second-order valence-electron chi connectivity index (χ2n) is 7.59. The highest BCUT2D eigenvalue weighted by Gasteiger charge is 2.63. The van der Waals surface area contributed by atoms with Crippen molar-refractivity contribution in [3.8, 4) is 0 Å². The Hall–Kier alpha value is -2.01. The Labute approximate surface area is 156 Å². The molecule has 2 fully saturated rings. The first kappa shape index (κ1) is 18.4. The predicted octanol–water partition coefficient (Wildman–Crippen LogP) is 0.587. The molecule has 4 rings (SSSR count). The summed E-state index contributed by atoms with van der Waals surface area (Å²) in [7, 11) is 0. The zero-order valence-corrected chi connectivity index (χ0v) is 15.8. The number of fused-ring (bicyclic) bond motifs is 3. The van der Waals surface area contributed by atoms with Crippen molar-refractivity contribution in [1.29, 1.82) is 0 Å². The molecule has 2 saturated heterocycles. The Morgan fingerprint density at radius 3 is 2.89 bits per heavy atom. The third-order valence-corrected chi connectivity index (χ3v) is 4.78. The number of nitrogens with one attached hydrogen (secondary N) is 1. The monoisotopic (exact) mass is 379 g/mol. The fraction of sp³-hybridized carbons (Fsp3) is 0.706. The number of nitrogens with zero attached hydrogens (tertiary/aromatic N) is 3. The quantitative estimate of drug-likeness (QED) is 0.747. The number of aromatic amines is 1. The zero-order chi connectivity index (χ0) is 19.3. The van der Waals surface area contributed by atoms with Crippen LogP contribution in [0, 0.1) is 0 Å². The van der Waals surface area contributed by atoms with Crippen molar-refractivity contribution < 1.29 is 18.9 Å². The number of anilines is 1. The van der Waals surface area contributed by atoms with Crippen LogP contribution in [0.25, 0.3) is 11.2 Å². The molecule has 0 radical (unpaired) electrons. The minimum Gasteiger partial charge on any atom is -0.376 e. The Balaban J connectivity index is 1.72. The highest BCUT2D eigenvalue weighted by molar-refractivity contribution is 5.70. The van der Waals surface area contributed by atoms with E-state index in [9.17, 15) is 4.79 Å². The number of aromatic nitrogens is 4. The van der Waals surface area contributed by atoms with Crippen LogP contribution in [0.5, 0.6) is 0 Å². The SMILES string of the molecule is CC(C)OC[C@]12CO[C@@H](C1OC(C)C)[C@H](n1cnc3c(=O)[nH]c(N)nc31)O2. The molecule has 2 bridgehead atoms. The maximum absolute atomic E-state index is 12.1. The normalized spacial score (nSPS) is 30.2. The third-order valence-electron chi connectivity index (χ3n) is 4.78. The molecule has 0 amide bonds. The Morgan fingerprint density at radius 1 is 1.41 bits per heavy atom. The van der Waals surface area contributed by atoms with E-state index in [4.69, 9.17) is 24.7 Å². The number of nitrogen functional groups attached to an aromatic ring is 1. The van der Waals surface area contributed by atoms with Gasteiger partial charge in [0.05, 0.1) is 31.7 Å². The zero-order valence-electron chi connectivity index (χ0n) is 15.8. The van der Waals surface area contributed by atoms with Crippen LogP contribution in [0.3, 0.4) is 0 Å². The fourth-order valence-corrected chi connectivity index (χ4v) is 3.65. The van der Waals surface area contributed by atoms with Gasteiger partial charge in [-0.25, -0.2) is 4.98 Å². The lowest BCUT2D eigenvalue weighted by Gasteiger charge is -2.32. The first-order valence-electron chi connectivity index (χ1n) is 9.09. The summed E-state index contributed by atoms with van der Waals surface area (Å²) in [4.78, 5) is 22.9. The van der Waals surface area contributed by atoms with Crippen LogP contribution < -0.4 is 11.3 Å². The van der Waals surface area contributed by atoms with Gasteiger partial charge in [0.1, 0.15) is 17.8 Å². The number of imidazole rings is 1. The average Bonchev–Trinajstić information content (AvgIpc) is 3.23. The molecular weight excluding hydrogens is 354 g/mol. The fourth-order valence-electron chi connectivity index (χ4n) is 3.65. The van der Waals surface area contributed by atoms with Crippen molar-refractivity contribution in [3.05, 3.63) is 16.7 Å². The average molecular weight is 379 g/mol. The van der Waals surface area contributed by atoms with Gasteiger partial charge < -0.3 is 24.7 Å². The molecule has 3 N–H and O–H groups in total. The minimum absolute atomic E-state index is 0.00359. The molecule has 0 aliphatic carbocycles. The third kappa shape index (κ3) is 3.02. The highest BCUT2D eigenvalue weighted by Crippen LogP contribution is 2.47. The summed E-state index contributed by atoms with van der Waals surface area (Å²) in [5.41, 5.74) is 5.13. The van der Waals surface area contributed by atoms with Gasteiger partial charge in [-0.2, -0.15) is 4.98 Å². The topological polar surface area (TPSA) is 127 Å². The molecule has 2 aliphatic rings. The molecule has 1 unspecified atom stereocenters. The van der Waals surface area contributed by atoms with Gasteiger partial charge >= 0.3 is 0 Å². The number of H-pyrrole nitrogens is 1. The van der Waals surface area contributed by atoms with Gasteiger partial charge in [-0.15, -0.1) is 0 Å². The molecule has 2 aliphatic heterocycles. The van der Waals surface area contributed by atoms with Gasteiger partial charge in [-0.1, -0.05) is 0 Å². The largest absolute Gasteiger partial charge is 0.376 e. The van der Waals surface area contributed by atoms with Crippen molar-refractivity contribution in [2.24, 2.45) is 0 Å². The van der Waals surface area contributed by atoms with Crippen LogP contribution in [0.15, 0.2) is 11.1 Å². The number of nitrogens with two attached hydrogens (primary N) is 1. The van der Waals surface area contributed by atoms with Crippen LogP contribution in [0.1, 0.15) is 33.9 Å². The summed E-state index contributed by atoms with van der Waals surface area (Å²) < 4.78 is 26.1. The van der Waals surface area contributed by atoms with Crippen LogP contribution in [0.4, 0.5) is 5.95 Å².